The number of carbonyl (C=O) groups excluding carboxylic acids is 1. The third-order valence-electron chi connectivity index (χ3n) is 2.59. The minimum absolute atomic E-state index is 0.126. The molecule has 5 heteroatoms. The zero-order valence-electron chi connectivity index (χ0n) is 8.32. The van der Waals surface area contributed by atoms with Gasteiger partial charge in [-0.3, -0.25) is 4.79 Å². The predicted octanol–water partition coefficient (Wildman–Crippen LogP) is -0.613. The van der Waals surface area contributed by atoms with Gasteiger partial charge in [0.15, 0.2) is 5.79 Å². The van der Waals surface area contributed by atoms with E-state index in [4.69, 9.17) is 9.47 Å². The quantitative estimate of drug-likeness (QED) is 0.593. The normalized spacial score (nSPS) is 41.4. The second-order valence-electron chi connectivity index (χ2n) is 4.23. The van der Waals surface area contributed by atoms with Crippen molar-refractivity contribution in [3.63, 3.8) is 0 Å². The smallest absolute Gasteiger partial charge is 0.249 e. The number of hydrogen-bond acceptors (Lipinski definition) is 4. The van der Waals surface area contributed by atoms with Gasteiger partial charge in [0.05, 0.1) is 12.6 Å². The number of nitrogens with one attached hydrogen (secondary N) is 1. The Hall–Kier alpha value is -0.650. The Morgan fingerprint density at radius 3 is 2.71 bits per heavy atom. The number of rotatable bonds is 1. The van der Waals surface area contributed by atoms with E-state index in [1.807, 2.05) is 13.8 Å². The van der Waals surface area contributed by atoms with Crippen LogP contribution < -0.4 is 5.32 Å². The lowest BCUT2D eigenvalue weighted by Gasteiger charge is -2.20. The Labute approximate surface area is 82.4 Å². The molecule has 0 saturated carbocycles. The van der Waals surface area contributed by atoms with Crippen LogP contribution in [0.2, 0.25) is 0 Å². The van der Waals surface area contributed by atoms with Crippen molar-refractivity contribution in [1.82, 2.24) is 5.32 Å². The van der Waals surface area contributed by atoms with Gasteiger partial charge in [0.2, 0.25) is 5.91 Å². The number of carbonyl (C=O) groups is 1. The molecule has 0 bridgehead atoms. The van der Waals surface area contributed by atoms with E-state index in [9.17, 15) is 9.90 Å². The van der Waals surface area contributed by atoms with Crippen molar-refractivity contribution in [3.05, 3.63) is 0 Å². The summed E-state index contributed by atoms with van der Waals surface area (Å²) in [5.74, 6) is -0.897. The molecule has 14 heavy (non-hydrogen) atoms. The first kappa shape index (κ1) is 9.89. The highest BCUT2D eigenvalue weighted by Gasteiger charge is 2.42. The summed E-state index contributed by atoms with van der Waals surface area (Å²) in [6, 6.07) is -0.126. The van der Waals surface area contributed by atoms with Gasteiger partial charge in [0.1, 0.15) is 12.2 Å². The van der Waals surface area contributed by atoms with Gasteiger partial charge in [-0.1, -0.05) is 0 Å². The highest BCUT2D eigenvalue weighted by Crippen LogP contribution is 2.27. The van der Waals surface area contributed by atoms with Crippen molar-refractivity contribution < 1.29 is 19.4 Å². The second-order valence-corrected chi connectivity index (χ2v) is 4.23. The van der Waals surface area contributed by atoms with E-state index in [2.05, 4.69) is 5.32 Å². The van der Waals surface area contributed by atoms with Crippen molar-refractivity contribution in [3.8, 4) is 0 Å². The van der Waals surface area contributed by atoms with Crippen LogP contribution in [0.4, 0.5) is 0 Å². The van der Waals surface area contributed by atoms with Gasteiger partial charge in [0.25, 0.3) is 0 Å². The maximum atomic E-state index is 11.0. The summed E-state index contributed by atoms with van der Waals surface area (Å²) in [5, 5.41) is 11.9. The molecule has 0 spiro atoms. The van der Waals surface area contributed by atoms with Gasteiger partial charge in [-0.25, -0.2) is 0 Å². The van der Waals surface area contributed by atoms with E-state index in [0.717, 1.165) is 0 Å². The average Bonchev–Trinajstić information content (AvgIpc) is 2.57. The first-order valence-electron chi connectivity index (χ1n) is 4.78. The molecule has 2 aliphatic rings. The number of amides is 1. The molecule has 1 amide bonds. The fourth-order valence-corrected chi connectivity index (χ4v) is 1.84. The molecule has 0 radical (unpaired) electrons. The Balaban J connectivity index is 1.95. The molecule has 2 fully saturated rings. The van der Waals surface area contributed by atoms with Crippen molar-refractivity contribution in [2.24, 2.45) is 0 Å². The monoisotopic (exact) mass is 201 g/mol. The molecule has 0 aromatic rings. The van der Waals surface area contributed by atoms with Crippen molar-refractivity contribution in [2.75, 3.05) is 6.61 Å². The molecule has 3 atom stereocenters. The maximum Gasteiger partial charge on any atom is 0.249 e. The van der Waals surface area contributed by atoms with Gasteiger partial charge < -0.3 is 19.9 Å². The van der Waals surface area contributed by atoms with E-state index in [-0.39, 0.29) is 18.1 Å². The number of ether oxygens (including phenoxy) is 2. The Kier molecular flexibility index (Phi) is 2.25. The number of aliphatic hydroxyl groups excluding tert-OH is 1. The van der Waals surface area contributed by atoms with E-state index in [1.165, 1.54) is 0 Å². The Bertz CT molecular complexity index is 253. The van der Waals surface area contributed by atoms with Gasteiger partial charge in [-0.05, 0) is 13.8 Å². The van der Waals surface area contributed by atoms with E-state index in [1.54, 1.807) is 0 Å². The van der Waals surface area contributed by atoms with Crippen LogP contribution in [-0.2, 0) is 14.3 Å². The third kappa shape index (κ3) is 1.75. The van der Waals surface area contributed by atoms with Crippen LogP contribution >= 0.6 is 0 Å². The number of aliphatic hydroxyl groups is 1. The van der Waals surface area contributed by atoms with Crippen LogP contribution in [0.15, 0.2) is 0 Å². The lowest BCUT2D eigenvalue weighted by molar-refractivity contribution is -0.142. The summed E-state index contributed by atoms with van der Waals surface area (Å²) < 4.78 is 11.0. The zero-order chi connectivity index (χ0) is 10.3. The standard InChI is InChI=1S/C9H15NO4/c1-9(2)13-4-7(14-9)5-3-6(11)8(12)10-5/h5-7,11H,3-4H2,1-2H3,(H,10,12)/t5-,6+,7-/m1/s1. The molecule has 0 unspecified atom stereocenters. The molecule has 2 aliphatic heterocycles. The summed E-state index contributed by atoms with van der Waals surface area (Å²) in [4.78, 5) is 11.0. The molecule has 0 aliphatic carbocycles. The van der Waals surface area contributed by atoms with E-state index < -0.39 is 11.9 Å². The summed E-state index contributed by atoms with van der Waals surface area (Å²) in [6.07, 6.45) is -0.637. The van der Waals surface area contributed by atoms with Gasteiger partial charge in [-0.2, -0.15) is 0 Å². The largest absolute Gasteiger partial charge is 0.383 e. The SMILES string of the molecule is CC1(C)OC[C@H]([C@H]2C[C@H](O)C(=O)N2)O1. The average molecular weight is 201 g/mol. The van der Waals surface area contributed by atoms with Gasteiger partial charge >= 0.3 is 0 Å². The van der Waals surface area contributed by atoms with Crippen molar-refractivity contribution >= 4 is 5.91 Å². The molecule has 0 aromatic carbocycles. The summed E-state index contributed by atoms with van der Waals surface area (Å²) >= 11 is 0. The van der Waals surface area contributed by atoms with E-state index >= 15 is 0 Å². The highest BCUT2D eigenvalue weighted by molar-refractivity contribution is 5.83. The maximum absolute atomic E-state index is 11.0. The third-order valence-corrected chi connectivity index (χ3v) is 2.59. The van der Waals surface area contributed by atoms with Crippen LogP contribution in [-0.4, -0.2) is 41.7 Å². The molecule has 2 heterocycles. The van der Waals surface area contributed by atoms with Crippen molar-refractivity contribution in [1.29, 1.82) is 0 Å². The predicted molar refractivity (Wildman–Crippen MR) is 47.5 cm³/mol. The Morgan fingerprint density at radius 2 is 2.29 bits per heavy atom. The lowest BCUT2D eigenvalue weighted by atomic mass is 10.1. The molecular formula is C9H15NO4. The highest BCUT2D eigenvalue weighted by atomic mass is 16.7. The molecule has 2 rings (SSSR count). The first-order valence-corrected chi connectivity index (χ1v) is 4.78. The van der Waals surface area contributed by atoms with Gasteiger partial charge in [-0.15, -0.1) is 0 Å². The summed E-state index contributed by atoms with van der Waals surface area (Å²) in [6.45, 7) is 4.13. The number of hydrogen-bond donors (Lipinski definition) is 2. The van der Waals surface area contributed by atoms with Gasteiger partial charge in [0, 0.05) is 6.42 Å². The van der Waals surface area contributed by atoms with Crippen LogP contribution in [0.5, 0.6) is 0 Å². The lowest BCUT2D eigenvalue weighted by Crippen LogP contribution is -2.39. The molecule has 2 saturated heterocycles. The molecule has 2 N–H and O–H groups in total. The van der Waals surface area contributed by atoms with Crippen molar-refractivity contribution in [2.45, 2.75) is 44.3 Å². The van der Waals surface area contributed by atoms with Crippen LogP contribution in [0.3, 0.4) is 0 Å². The summed E-state index contributed by atoms with van der Waals surface area (Å²) in [5.41, 5.74) is 0. The van der Waals surface area contributed by atoms with Crippen LogP contribution in [0.25, 0.3) is 0 Å². The minimum Gasteiger partial charge on any atom is -0.383 e. The van der Waals surface area contributed by atoms with Crippen LogP contribution in [0, 0.1) is 0 Å². The topological polar surface area (TPSA) is 67.8 Å². The fourth-order valence-electron chi connectivity index (χ4n) is 1.84. The summed E-state index contributed by atoms with van der Waals surface area (Å²) in [7, 11) is 0. The zero-order valence-corrected chi connectivity index (χ0v) is 8.32. The second kappa shape index (κ2) is 3.18. The van der Waals surface area contributed by atoms with E-state index in [0.29, 0.717) is 13.0 Å². The first-order chi connectivity index (χ1) is 6.48. The minimum atomic E-state index is -0.896. The molecule has 80 valence electrons. The fraction of sp³-hybridized carbons (Fsp3) is 0.889. The molecular weight excluding hydrogens is 186 g/mol. The van der Waals surface area contributed by atoms with Crippen LogP contribution in [0.1, 0.15) is 20.3 Å². The Morgan fingerprint density at radius 1 is 1.57 bits per heavy atom. The molecule has 5 nitrogen and oxygen atoms in total. The molecule has 0 aromatic heterocycles.